The van der Waals surface area contributed by atoms with E-state index < -0.39 is 0 Å². The molecule has 0 aliphatic carbocycles. The summed E-state index contributed by atoms with van der Waals surface area (Å²) >= 11 is 4.66. The third-order valence-corrected chi connectivity index (χ3v) is 5.30. The van der Waals surface area contributed by atoms with E-state index >= 15 is 0 Å². The Hall–Kier alpha value is -2.74. The third-order valence-electron chi connectivity index (χ3n) is 5.21. The molecule has 0 fully saturated rings. The Kier molecular flexibility index (Phi) is 7.75. The first-order valence-corrected chi connectivity index (χ1v) is 10.6. The first kappa shape index (κ1) is 21.0. The summed E-state index contributed by atoms with van der Waals surface area (Å²) in [6, 6.07) is 25.3. The standard InChI is InChI=1S/C26H27NOS/c1-3-20(2)18-28-25-16-12-23(13-17-25)26-7-5-4-6-22(26)11-8-21-9-14-24(15-10-21)27-19-29/h4-7,9-10,12-17,20H,3,8,11,18H2,1-2H3. The summed E-state index contributed by atoms with van der Waals surface area (Å²) in [5.41, 5.74) is 5.99. The zero-order valence-corrected chi connectivity index (χ0v) is 17.9. The van der Waals surface area contributed by atoms with E-state index in [4.69, 9.17) is 4.74 Å². The molecule has 0 aromatic heterocycles. The Morgan fingerprint density at radius 3 is 2.34 bits per heavy atom. The minimum absolute atomic E-state index is 0.575. The molecule has 0 spiro atoms. The zero-order valence-electron chi connectivity index (χ0n) is 17.1. The molecule has 3 aromatic rings. The molecule has 0 saturated carbocycles. The van der Waals surface area contributed by atoms with Gasteiger partial charge in [0.25, 0.3) is 0 Å². The Balaban J connectivity index is 1.69. The predicted octanol–water partition coefficient (Wildman–Crippen LogP) is 7.30. The fourth-order valence-corrected chi connectivity index (χ4v) is 3.28. The van der Waals surface area contributed by atoms with Crippen molar-refractivity contribution in [3.8, 4) is 16.9 Å². The van der Waals surface area contributed by atoms with Crippen molar-refractivity contribution in [1.82, 2.24) is 0 Å². The van der Waals surface area contributed by atoms with Gasteiger partial charge in [-0.3, -0.25) is 0 Å². The molecule has 3 heteroatoms. The first-order valence-electron chi connectivity index (χ1n) is 10.2. The Morgan fingerprint density at radius 2 is 1.66 bits per heavy atom. The molecule has 0 radical (unpaired) electrons. The molecule has 3 aromatic carbocycles. The molecular formula is C26H27NOS. The van der Waals surface area contributed by atoms with Crippen LogP contribution in [0.3, 0.4) is 0 Å². The van der Waals surface area contributed by atoms with Crippen LogP contribution in [0.5, 0.6) is 5.75 Å². The average Bonchev–Trinajstić information content (AvgIpc) is 2.78. The van der Waals surface area contributed by atoms with Crippen molar-refractivity contribution in [3.63, 3.8) is 0 Å². The highest BCUT2D eigenvalue weighted by Gasteiger charge is 2.07. The lowest BCUT2D eigenvalue weighted by Crippen LogP contribution is -2.07. The second-order valence-electron chi connectivity index (χ2n) is 7.38. The van der Waals surface area contributed by atoms with E-state index in [1.807, 2.05) is 12.1 Å². The molecule has 0 bridgehead atoms. The van der Waals surface area contributed by atoms with Gasteiger partial charge in [0.15, 0.2) is 0 Å². The van der Waals surface area contributed by atoms with Crippen LogP contribution in [0.2, 0.25) is 0 Å². The Bertz CT molecular complexity index is 957. The molecule has 0 aliphatic rings. The van der Waals surface area contributed by atoms with Crippen molar-refractivity contribution < 1.29 is 4.74 Å². The van der Waals surface area contributed by atoms with Crippen molar-refractivity contribution >= 4 is 23.1 Å². The maximum atomic E-state index is 5.89. The number of nitrogens with zero attached hydrogens (tertiary/aromatic N) is 1. The highest BCUT2D eigenvalue weighted by atomic mass is 32.1. The summed E-state index contributed by atoms with van der Waals surface area (Å²) in [6.45, 7) is 5.17. The highest BCUT2D eigenvalue weighted by molar-refractivity contribution is 7.78. The minimum atomic E-state index is 0.575. The second kappa shape index (κ2) is 10.7. The number of hydrogen-bond acceptors (Lipinski definition) is 3. The largest absolute Gasteiger partial charge is 0.493 e. The maximum absolute atomic E-state index is 5.89. The van der Waals surface area contributed by atoms with Gasteiger partial charge < -0.3 is 4.74 Å². The normalized spacial score (nSPS) is 11.5. The fourth-order valence-electron chi connectivity index (χ4n) is 3.18. The number of aryl methyl sites for hydroxylation is 2. The van der Waals surface area contributed by atoms with Gasteiger partial charge >= 0.3 is 0 Å². The topological polar surface area (TPSA) is 21.6 Å². The van der Waals surface area contributed by atoms with Gasteiger partial charge in [-0.1, -0.05) is 68.8 Å². The van der Waals surface area contributed by atoms with Crippen molar-refractivity contribution in [2.75, 3.05) is 6.61 Å². The lowest BCUT2D eigenvalue weighted by atomic mass is 9.95. The molecule has 1 unspecified atom stereocenters. The van der Waals surface area contributed by atoms with E-state index in [1.165, 1.54) is 22.3 Å². The van der Waals surface area contributed by atoms with E-state index in [2.05, 4.69) is 96.9 Å². The maximum Gasteiger partial charge on any atom is 0.119 e. The quantitative estimate of drug-likeness (QED) is 0.277. The summed E-state index contributed by atoms with van der Waals surface area (Å²) < 4.78 is 5.89. The monoisotopic (exact) mass is 401 g/mol. The number of isothiocyanates is 1. The number of aliphatic imine (C=N–C) groups is 1. The Labute approximate surface area is 179 Å². The Morgan fingerprint density at radius 1 is 0.931 bits per heavy atom. The van der Waals surface area contributed by atoms with Gasteiger partial charge in [0.05, 0.1) is 17.5 Å². The van der Waals surface area contributed by atoms with Crippen LogP contribution in [-0.4, -0.2) is 11.8 Å². The van der Waals surface area contributed by atoms with E-state index in [0.29, 0.717) is 5.92 Å². The second-order valence-corrected chi connectivity index (χ2v) is 7.56. The van der Waals surface area contributed by atoms with Crippen LogP contribution in [0.25, 0.3) is 11.1 Å². The van der Waals surface area contributed by atoms with Gasteiger partial charge in [-0.2, -0.15) is 4.99 Å². The molecule has 148 valence electrons. The number of ether oxygens (including phenoxy) is 1. The minimum Gasteiger partial charge on any atom is -0.493 e. The van der Waals surface area contributed by atoms with Crippen LogP contribution in [0, 0.1) is 5.92 Å². The molecule has 0 amide bonds. The van der Waals surface area contributed by atoms with Crippen LogP contribution in [0.4, 0.5) is 5.69 Å². The van der Waals surface area contributed by atoms with Crippen LogP contribution in [-0.2, 0) is 12.8 Å². The molecule has 1 atom stereocenters. The summed E-state index contributed by atoms with van der Waals surface area (Å²) in [7, 11) is 0. The third kappa shape index (κ3) is 6.12. The van der Waals surface area contributed by atoms with Gasteiger partial charge in [-0.05, 0) is 77.5 Å². The van der Waals surface area contributed by atoms with Crippen LogP contribution < -0.4 is 4.74 Å². The first-order chi connectivity index (χ1) is 14.2. The molecule has 0 saturated heterocycles. The molecular weight excluding hydrogens is 374 g/mol. The van der Waals surface area contributed by atoms with E-state index in [-0.39, 0.29) is 0 Å². The number of hydrogen-bond donors (Lipinski definition) is 0. The van der Waals surface area contributed by atoms with Crippen LogP contribution in [0.1, 0.15) is 31.4 Å². The van der Waals surface area contributed by atoms with Crippen molar-refractivity contribution in [2.45, 2.75) is 33.1 Å². The highest BCUT2D eigenvalue weighted by Crippen LogP contribution is 2.27. The SMILES string of the molecule is CCC(C)COc1ccc(-c2ccccc2CCc2ccc(N=C=S)cc2)cc1. The van der Waals surface area contributed by atoms with E-state index in [1.54, 1.807) is 0 Å². The molecule has 3 rings (SSSR count). The van der Waals surface area contributed by atoms with Gasteiger partial charge in [-0.15, -0.1) is 0 Å². The van der Waals surface area contributed by atoms with Gasteiger partial charge in [0.1, 0.15) is 5.75 Å². The summed E-state index contributed by atoms with van der Waals surface area (Å²) in [5.74, 6) is 1.51. The molecule has 0 N–H and O–H groups in total. The molecule has 0 heterocycles. The van der Waals surface area contributed by atoms with Crippen molar-refractivity contribution in [2.24, 2.45) is 10.9 Å². The fraction of sp³-hybridized carbons (Fsp3) is 0.269. The lowest BCUT2D eigenvalue weighted by Gasteiger charge is -2.13. The van der Waals surface area contributed by atoms with Crippen LogP contribution >= 0.6 is 12.2 Å². The number of benzene rings is 3. The summed E-state index contributed by atoms with van der Waals surface area (Å²) in [4.78, 5) is 4.01. The van der Waals surface area contributed by atoms with Crippen LogP contribution in [0.15, 0.2) is 77.8 Å². The zero-order chi connectivity index (χ0) is 20.5. The summed E-state index contributed by atoms with van der Waals surface area (Å²) in [6.07, 6.45) is 3.10. The summed E-state index contributed by atoms with van der Waals surface area (Å²) in [5, 5.41) is 2.41. The smallest absolute Gasteiger partial charge is 0.119 e. The molecule has 0 aliphatic heterocycles. The van der Waals surface area contributed by atoms with Gasteiger partial charge in [0, 0.05) is 0 Å². The van der Waals surface area contributed by atoms with Crippen molar-refractivity contribution in [3.05, 3.63) is 83.9 Å². The van der Waals surface area contributed by atoms with E-state index in [0.717, 1.165) is 37.3 Å². The lowest BCUT2D eigenvalue weighted by molar-refractivity contribution is 0.256. The molecule has 29 heavy (non-hydrogen) atoms. The molecule has 2 nitrogen and oxygen atoms in total. The van der Waals surface area contributed by atoms with Gasteiger partial charge in [-0.25, -0.2) is 0 Å². The van der Waals surface area contributed by atoms with E-state index in [9.17, 15) is 0 Å². The van der Waals surface area contributed by atoms with Gasteiger partial charge in [0.2, 0.25) is 0 Å². The number of rotatable bonds is 9. The number of thiocarbonyl (C=S) groups is 1. The van der Waals surface area contributed by atoms with Crippen molar-refractivity contribution in [1.29, 1.82) is 0 Å². The average molecular weight is 402 g/mol. The predicted molar refractivity (Wildman–Crippen MR) is 125 cm³/mol.